The first-order valence-corrected chi connectivity index (χ1v) is 11.0. The molecule has 7 heteroatoms. The fourth-order valence-corrected chi connectivity index (χ4v) is 3.99. The summed E-state index contributed by atoms with van der Waals surface area (Å²) < 4.78 is 25.2. The summed E-state index contributed by atoms with van der Waals surface area (Å²) in [5.74, 6) is 1.24. The molecule has 0 saturated carbocycles. The molecular weight excluding hydrogens is 485 g/mol. The number of ether oxygens (including phenoxy) is 2. The third-order valence-electron chi connectivity index (χ3n) is 5.33. The molecule has 0 radical (unpaired) electrons. The topological polar surface area (TPSA) is 70.9 Å². The minimum Gasteiger partial charge on any atom is -0.493 e. The van der Waals surface area contributed by atoms with Crippen LogP contribution >= 0.6 is 15.9 Å². The Bertz CT molecular complexity index is 1360. The fourth-order valence-electron chi connectivity index (χ4n) is 3.42. The van der Waals surface area contributed by atoms with Gasteiger partial charge in [-0.3, -0.25) is 0 Å². The van der Waals surface area contributed by atoms with Crippen molar-refractivity contribution in [2.75, 3.05) is 7.11 Å². The van der Waals surface area contributed by atoms with Gasteiger partial charge in [-0.25, -0.2) is 9.37 Å². The van der Waals surface area contributed by atoms with E-state index in [1.54, 1.807) is 31.4 Å². The number of allylic oxidation sites excluding steroid dienone is 1. The molecule has 1 aromatic heterocycles. The maximum Gasteiger partial charge on any atom is 0.175 e. The molecule has 1 N–H and O–H groups in total. The van der Waals surface area contributed by atoms with Gasteiger partial charge in [-0.05, 0) is 94.5 Å². The van der Waals surface area contributed by atoms with Gasteiger partial charge in [0.1, 0.15) is 24.3 Å². The van der Waals surface area contributed by atoms with Crippen LogP contribution in [0.3, 0.4) is 0 Å². The van der Waals surface area contributed by atoms with E-state index in [0.717, 1.165) is 33.3 Å². The van der Waals surface area contributed by atoms with Gasteiger partial charge in [0, 0.05) is 0 Å². The fraction of sp³-hybridized carbons (Fsp3) is 0.154. The Hall–Kier alpha value is -3.63. The molecule has 3 aromatic carbocycles. The number of nitriles is 1. The van der Waals surface area contributed by atoms with E-state index in [1.807, 2.05) is 32.0 Å². The molecule has 0 aliphatic heterocycles. The number of fused-ring (bicyclic) bond motifs is 1. The average molecular weight is 506 g/mol. The predicted molar refractivity (Wildman–Crippen MR) is 130 cm³/mol. The van der Waals surface area contributed by atoms with Crippen molar-refractivity contribution in [2.24, 2.45) is 0 Å². The van der Waals surface area contributed by atoms with Gasteiger partial charge in [0.25, 0.3) is 0 Å². The van der Waals surface area contributed by atoms with Crippen molar-refractivity contribution < 1.29 is 13.9 Å². The summed E-state index contributed by atoms with van der Waals surface area (Å²) >= 11 is 3.54. The van der Waals surface area contributed by atoms with Crippen LogP contribution in [-0.2, 0) is 6.61 Å². The molecule has 0 aliphatic carbocycles. The summed E-state index contributed by atoms with van der Waals surface area (Å²) in [5, 5.41) is 9.78. The summed E-state index contributed by atoms with van der Waals surface area (Å²) in [4.78, 5) is 7.83. The standard InChI is InChI=1S/C26H21BrFN3O2/c1-15-8-22-23(9-16(15)2)31-26(30-22)19(13-29)10-18-11-21(27)25(24(12-18)32-3)33-14-17-4-6-20(28)7-5-17/h4-12H,14H2,1-3H3,(H,30,31)/b19-10+. The molecule has 33 heavy (non-hydrogen) atoms. The molecule has 0 fully saturated rings. The number of benzene rings is 3. The second kappa shape index (κ2) is 9.47. The lowest BCUT2D eigenvalue weighted by Gasteiger charge is -2.14. The van der Waals surface area contributed by atoms with E-state index in [9.17, 15) is 9.65 Å². The minimum absolute atomic E-state index is 0.256. The van der Waals surface area contributed by atoms with Crippen molar-refractivity contribution >= 4 is 38.6 Å². The summed E-state index contributed by atoms with van der Waals surface area (Å²) in [6, 6.07) is 16.0. The first-order chi connectivity index (χ1) is 15.9. The van der Waals surface area contributed by atoms with E-state index in [0.29, 0.717) is 27.4 Å². The van der Waals surface area contributed by atoms with E-state index in [4.69, 9.17) is 9.47 Å². The van der Waals surface area contributed by atoms with Gasteiger partial charge in [0.2, 0.25) is 0 Å². The maximum absolute atomic E-state index is 13.1. The second-order valence-electron chi connectivity index (χ2n) is 7.66. The molecule has 0 saturated heterocycles. The number of methoxy groups -OCH3 is 1. The molecule has 1 heterocycles. The molecule has 0 aliphatic rings. The van der Waals surface area contributed by atoms with Crippen LogP contribution in [0.1, 0.15) is 28.1 Å². The molecule has 0 unspecified atom stereocenters. The first-order valence-electron chi connectivity index (χ1n) is 10.2. The Morgan fingerprint density at radius 1 is 1.15 bits per heavy atom. The third-order valence-corrected chi connectivity index (χ3v) is 5.92. The van der Waals surface area contributed by atoms with Crippen molar-refractivity contribution in [2.45, 2.75) is 20.5 Å². The highest BCUT2D eigenvalue weighted by atomic mass is 79.9. The molecule has 0 atom stereocenters. The van der Waals surface area contributed by atoms with E-state index >= 15 is 0 Å². The Morgan fingerprint density at radius 2 is 1.88 bits per heavy atom. The SMILES string of the molecule is COc1cc(/C=C(\C#N)c2nc3cc(C)c(C)cc3[nH]2)cc(Br)c1OCc1ccc(F)cc1. The summed E-state index contributed by atoms with van der Waals surface area (Å²) in [7, 11) is 1.55. The van der Waals surface area contributed by atoms with Crippen molar-refractivity contribution in [1.82, 2.24) is 9.97 Å². The number of H-pyrrole nitrogens is 1. The van der Waals surface area contributed by atoms with Crippen molar-refractivity contribution in [3.05, 3.63) is 86.9 Å². The largest absolute Gasteiger partial charge is 0.493 e. The van der Waals surface area contributed by atoms with Gasteiger partial charge < -0.3 is 14.5 Å². The Kier molecular flexibility index (Phi) is 6.47. The number of halogens is 2. The lowest BCUT2D eigenvalue weighted by atomic mass is 10.1. The number of hydrogen-bond acceptors (Lipinski definition) is 4. The highest BCUT2D eigenvalue weighted by Gasteiger charge is 2.14. The van der Waals surface area contributed by atoms with Gasteiger partial charge in [-0.2, -0.15) is 5.26 Å². The van der Waals surface area contributed by atoms with E-state index in [-0.39, 0.29) is 12.4 Å². The Morgan fingerprint density at radius 3 is 2.58 bits per heavy atom. The lowest BCUT2D eigenvalue weighted by molar-refractivity contribution is 0.282. The number of nitrogens with one attached hydrogen (secondary N) is 1. The lowest BCUT2D eigenvalue weighted by Crippen LogP contribution is -1.99. The number of nitrogens with zero attached hydrogens (tertiary/aromatic N) is 2. The summed E-state index contributed by atoms with van der Waals surface area (Å²) in [6.45, 7) is 4.33. The molecule has 166 valence electrons. The number of rotatable bonds is 6. The van der Waals surface area contributed by atoms with Gasteiger partial charge in [-0.1, -0.05) is 12.1 Å². The highest BCUT2D eigenvalue weighted by molar-refractivity contribution is 9.10. The van der Waals surface area contributed by atoms with E-state index in [1.165, 1.54) is 12.1 Å². The van der Waals surface area contributed by atoms with Crippen LogP contribution in [0.15, 0.2) is 53.0 Å². The van der Waals surface area contributed by atoms with Crippen LogP contribution in [0.4, 0.5) is 4.39 Å². The van der Waals surface area contributed by atoms with Gasteiger partial charge in [-0.15, -0.1) is 0 Å². The first kappa shape index (κ1) is 22.6. The summed E-state index contributed by atoms with van der Waals surface area (Å²) in [5.41, 5.74) is 5.98. The number of aromatic nitrogens is 2. The van der Waals surface area contributed by atoms with Crippen molar-refractivity contribution in [3.63, 3.8) is 0 Å². The molecule has 0 amide bonds. The number of imidazole rings is 1. The maximum atomic E-state index is 13.1. The highest BCUT2D eigenvalue weighted by Crippen LogP contribution is 2.38. The van der Waals surface area contributed by atoms with Crippen LogP contribution < -0.4 is 9.47 Å². The Balaban J connectivity index is 1.64. The van der Waals surface area contributed by atoms with E-state index < -0.39 is 0 Å². The van der Waals surface area contributed by atoms with Gasteiger partial charge in [0.15, 0.2) is 11.5 Å². The van der Waals surface area contributed by atoms with Crippen LogP contribution in [0.2, 0.25) is 0 Å². The van der Waals surface area contributed by atoms with E-state index in [2.05, 4.69) is 32.0 Å². The Labute approximate surface area is 199 Å². The monoisotopic (exact) mass is 505 g/mol. The molecule has 5 nitrogen and oxygen atoms in total. The molecule has 4 rings (SSSR count). The third kappa shape index (κ3) is 4.91. The number of hydrogen-bond donors (Lipinski definition) is 1. The van der Waals surface area contributed by atoms with Gasteiger partial charge >= 0.3 is 0 Å². The predicted octanol–water partition coefficient (Wildman–Crippen LogP) is 6.73. The van der Waals surface area contributed by atoms with Crippen LogP contribution in [0.25, 0.3) is 22.7 Å². The van der Waals surface area contributed by atoms with Crippen LogP contribution in [0.5, 0.6) is 11.5 Å². The zero-order chi connectivity index (χ0) is 23.5. The minimum atomic E-state index is -0.295. The molecular formula is C26H21BrFN3O2. The normalized spacial score (nSPS) is 11.5. The van der Waals surface area contributed by atoms with Crippen molar-refractivity contribution in [3.8, 4) is 17.6 Å². The summed E-state index contributed by atoms with van der Waals surface area (Å²) in [6.07, 6.45) is 1.74. The zero-order valence-corrected chi connectivity index (χ0v) is 20.0. The molecule has 0 bridgehead atoms. The van der Waals surface area contributed by atoms with Crippen LogP contribution in [0, 0.1) is 31.0 Å². The molecule has 0 spiro atoms. The van der Waals surface area contributed by atoms with Crippen LogP contribution in [-0.4, -0.2) is 17.1 Å². The smallest absolute Gasteiger partial charge is 0.175 e. The zero-order valence-electron chi connectivity index (χ0n) is 18.4. The quantitative estimate of drug-likeness (QED) is 0.294. The second-order valence-corrected chi connectivity index (χ2v) is 8.51. The average Bonchev–Trinajstić information content (AvgIpc) is 3.20. The number of aryl methyl sites for hydroxylation is 2. The van der Waals surface area contributed by atoms with Crippen molar-refractivity contribution in [1.29, 1.82) is 5.26 Å². The molecule has 4 aromatic rings. The number of aromatic amines is 1. The van der Waals surface area contributed by atoms with Gasteiger partial charge in [0.05, 0.1) is 28.2 Å².